The first-order chi connectivity index (χ1) is 9.52. The molecule has 0 aliphatic rings. The number of benzene rings is 1. The van der Waals surface area contributed by atoms with Crippen LogP contribution in [-0.2, 0) is 0 Å². The van der Waals surface area contributed by atoms with E-state index in [1.165, 1.54) is 20.9 Å². The van der Waals surface area contributed by atoms with E-state index < -0.39 is 0 Å². The second-order valence-corrected chi connectivity index (χ2v) is 6.98. The molecule has 108 valence electrons. The van der Waals surface area contributed by atoms with Gasteiger partial charge in [0.25, 0.3) is 0 Å². The lowest BCUT2D eigenvalue weighted by molar-refractivity contribution is 0.605. The molecule has 0 spiro atoms. The number of aryl methyl sites for hydroxylation is 3. The van der Waals surface area contributed by atoms with Gasteiger partial charge in [-0.1, -0.05) is 30.7 Å². The maximum Gasteiger partial charge on any atom is 0.0671 e. The second-order valence-electron chi connectivity index (χ2n) is 5.28. The third kappa shape index (κ3) is 3.43. The zero-order valence-corrected chi connectivity index (χ0v) is 14.2. The van der Waals surface area contributed by atoms with Crippen LogP contribution >= 0.6 is 22.9 Å². The molecular weight excluding hydrogens is 286 g/mol. The van der Waals surface area contributed by atoms with Crippen LogP contribution in [0.2, 0.25) is 5.02 Å². The number of nitrogens with one attached hydrogen (secondary N) is 1. The summed E-state index contributed by atoms with van der Waals surface area (Å²) in [4.78, 5) is 2.76. The molecule has 1 heterocycles. The van der Waals surface area contributed by atoms with E-state index in [0.717, 1.165) is 23.6 Å². The Hall–Kier alpha value is -0.830. The second kappa shape index (κ2) is 6.75. The first-order valence-electron chi connectivity index (χ1n) is 7.09. The highest BCUT2D eigenvalue weighted by molar-refractivity contribution is 7.12. The van der Waals surface area contributed by atoms with Crippen molar-refractivity contribution in [3.63, 3.8) is 0 Å². The van der Waals surface area contributed by atoms with Crippen molar-refractivity contribution in [2.75, 3.05) is 6.54 Å². The Morgan fingerprint density at radius 2 is 1.90 bits per heavy atom. The van der Waals surface area contributed by atoms with E-state index in [9.17, 15) is 0 Å². The number of hydrogen-bond acceptors (Lipinski definition) is 2. The van der Waals surface area contributed by atoms with Crippen molar-refractivity contribution < 1.29 is 0 Å². The van der Waals surface area contributed by atoms with Crippen molar-refractivity contribution in [2.45, 2.75) is 40.2 Å². The van der Waals surface area contributed by atoms with Gasteiger partial charge in [-0.15, -0.1) is 11.3 Å². The van der Waals surface area contributed by atoms with Gasteiger partial charge in [-0.3, -0.25) is 0 Å². The Labute approximate surface area is 131 Å². The van der Waals surface area contributed by atoms with Crippen LogP contribution in [0.4, 0.5) is 0 Å². The van der Waals surface area contributed by atoms with Crippen LogP contribution in [0.3, 0.4) is 0 Å². The molecule has 1 aromatic heterocycles. The third-order valence-corrected chi connectivity index (χ3v) is 5.22. The number of hydrogen-bond donors (Lipinski definition) is 1. The number of thiophene rings is 1. The minimum absolute atomic E-state index is 0.241. The Kier molecular flexibility index (Phi) is 5.25. The summed E-state index contributed by atoms with van der Waals surface area (Å²) in [5.41, 5.74) is 3.74. The molecule has 2 rings (SSSR count). The van der Waals surface area contributed by atoms with Crippen LogP contribution in [-0.4, -0.2) is 6.54 Å². The summed E-state index contributed by atoms with van der Waals surface area (Å²) in [7, 11) is 0. The van der Waals surface area contributed by atoms with Gasteiger partial charge in [0.15, 0.2) is 0 Å². The van der Waals surface area contributed by atoms with Gasteiger partial charge in [-0.05, 0) is 62.6 Å². The topological polar surface area (TPSA) is 12.0 Å². The summed E-state index contributed by atoms with van der Waals surface area (Å²) in [5, 5.41) is 4.48. The molecule has 1 unspecified atom stereocenters. The van der Waals surface area contributed by atoms with Crippen LogP contribution < -0.4 is 5.32 Å². The highest BCUT2D eigenvalue weighted by Crippen LogP contribution is 2.32. The van der Waals surface area contributed by atoms with Gasteiger partial charge < -0.3 is 5.32 Å². The fourth-order valence-electron chi connectivity index (χ4n) is 2.20. The smallest absolute Gasteiger partial charge is 0.0671 e. The maximum atomic E-state index is 6.29. The fourth-order valence-corrected chi connectivity index (χ4v) is 3.54. The molecule has 1 atom stereocenters. The normalized spacial score (nSPS) is 12.7. The lowest BCUT2D eigenvalue weighted by Gasteiger charge is -2.18. The summed E-state index contributed by atoms with van der Waals surface area (Å²) in [6.45, 7) is 9.60. The van der Waals surface area contributed by atoms with Crippen molar-refractivity contribution in [3.8, 4) is 0 Å². The van der Waals surface area contributed by atoms with Gasteiger partial charge in [0, 0.05) is 14.8 Å². The Morgan fingerprint density at radius 1 is 1.15 bits per heavy atom. The van der Waals surface area contributed by atoms with Gasteiger partial charge in [0.1, 0.15) is 0 Å². The number of rotatable bonds is 5. The largest absolute Gasteiger partial charge is 0.306 e. The molecule has 3 heteroatoms. The monoisotopic (exact) mass is 307 g/mol. The van der Waals surface area contributed by atoms with E-state index in [2.05, 4.69) is 50.4 Å². The molecule has 2 aromatic rings. The van der Waals surface area contributed by atoms with E-state index in [0.29, 0.717) is 0 Å². The Bertz CT molecular complexity index is 569. The van der Waals surface area contributed by atoms with Crippen LogP contribution in [0.1, 0.15) is 45.8 Å². The van der Waals surface area contributed by atoms with E-state index in [-0.39, 0.29) is 6.04 Å². The minimum atomic E-state index is 0.241. The first kappa shape index (κ1) is 15.6. The first-order valence-corrected chi connectivity index (χ1v) is 8.28. The molecule has 0 fully saturated rings. The van der Waals surface area contributed by atoms with Crippen LogP contribution in [0, 0.1) is 20.8 Å². The molecule has 0 aliphatic heterocycles. The molecule has 20 heavy (non-hydrogen) atoms. The van der Waals surface area contributed by atoms with Crippen LogP contribution in [0.5, 0.6) is 0 Å². The molecule has 0 radical (unpaired) electrons. The van der Waals surface area contributed by atoms with Gasteiger partial charge in [-0.2, -0.15) is 0 Å². The van der Waals surface area contributed by atoms with E-state index in [1.54, 1.807) is 0 Å². The predicted molar refractivity (Wildman–Crippen MR) is 90.1 cm³/mol. The minimum Gasteiger partial charge on any atom is -0.306 e. The van der Waals surface area contributed by atoms with E-state index >= 15 is 0 Å². The summed E-state index contributed by atoms with van der Waals surface area (Å²) in [5.74, 6) is 0. The standard InChI is InChI=1S/C17H22ClNS/c1-5-8-19-17(16-9-12(3)13(4)20-16)14-7-6-11(2)15(18)10-14/h6-7,9-10,17,19H,5,8H2,1-4H3. The van der Waals surface area contributed by atoms with E-state index in [4.69, 9.17) is 11.6 Å². The zero-order valence-electron chi connectivity index (χ0n) is 12.6. The molecule has 1 nitrogen and oxygen atoms in total. The van der Waals surface area contributed by atoms with Crippen molar-refractivity contribution in [3.05, 3.63) is 55.7 Å². The van der Waals surface area contributed by atoms with Gasteiger partial charge in [-0.25, -0.2) is 0 Å². The lowest BCUT2D eigenvalue weighted by atomic mass is 10.0. The molecule has 1 aromatic carbocycles. The average molecular weight is 308 g/mol. The molecule has 0 bridgehead atoms. The highest BCUT2D eigenvalue weighted by atomic mass is 35.5. The summed E-state index contributed by atoms with van der Waals surface area (Å²) in [6, 6.07) is 8.91. The van der Waals surface area contributed by atoms with Gasteiger partial charge >= 0.3 is 0 Å². The maximum absolute atomic E-state index is 6.29. The summed E-state index contributed by atoms with van der Waals surface area (Å²) in [6.07, 6.45) is 1.12. The van der Waals surface area contributed by atoms with Crippen molar-refractivity contribution in [1.82, 2.24) is 5.32 Å². The SMILES string of the molecule is CCCNC(c1ccc(C)c(Cl)c1)c1cc(C)c(C)s1. The molecular formula is C17H22ClNS. The van der Waals surface area contributed by atoms with Gasteiger partial charge in [0.2, 0.25) is 0 Å². The lowest BCUT2D eigenvalue weighted by Crippen LogP contribution is -2.22. The molecule has 0 aliphatic carbocycles. The van der Waals surface area contributed by atoms with Crippen molar-refractivity contribution in [2.24, 2.45) is 0 Å². The summed E-state index contributed by atoms with van der Waals surface area (Å²) >= 11 is 8.16. The zero-order chi connectivity index (χ0) is 14.7. The highest BCUT2D eigenvalue weighted by Gasteiger charge is 2.17. The van der Waals surface area contributed by atoms with Crippen molar-refractivity contribution >= 4 is 22.9 Å². The Morgan fingerprint density at radius 3 is 2.45 bits per heavy atom. The fraction of sp³-hybridized carbons (Fsp3) is 0.412. The molecule has 0 saturated carbocycles. The quantitative estimate of drug-likeness (QED) is 0.778. The average Bonchev–Trinajstić information content (AvgIpc) is 2.74. The van der Waals surface area contributed by atoms with Crippen LogP contribution in [0.25, 0.3) is 0 Å². The predicted octanol–water partition coefficient (Wildman–Crippen LogP) is 5.42. The van der Waals surface area contributed by atoms with Crippen molar-refractivity contribution in [1.29, 1.82) is 0 Å². The van der Waals surface area contributed by atoms with Crippen LogP contribution in [0.15, 0.2) is 24.3 Å². The van der Waals surface area contributed by atoms with E-state index in [1.807, 2.05) is 18.3 Å². The Balaban J connectivity index is 2.38. The number of halogens is 1. The molecule has 0 amide bonds. The molecule has 0 saturated heterocycles. The molecule has 1 N–H and O–H groups in total. The summed E-state index contributed by atoms with van der Waals surface area (Å²) < 4.78 is 0. The third-order valence-electron chi connectivity index (χ3n) is 3.60. The van der Waals surface area contributed by atoms with Gasteiger partial charge in [0.05, 0.1) is 6.04 Å².